The number of ether oxygens (including phenoxy) is 3. The normalized spacial score (nSPS) is 15.4. The summed E-state index contributed by atoms with van der Waals surface area (Å²) >= 11 is 12.3. The molecule has 0 atom stereocenters. The third kappa shape index (κ3) is 4.62. The average Bonchev–Trinajstić information content (AvgIpc) is 2.84. The topological polar surface area (TPSA) is 73.9 Å². The summed E-state index contributed by atoms with van der Waals surface area (Å²) in [4.78, 5) is 23.4. The molecule has 1 aliphatic rings. The molecule has 128 valence electrons. The third-order valence-corrected chi connectivity index (χ3v) is 4.28. The molecule has 0 radical (unpaired) electrons. The summed E-state index contributed by atoms with van der Waals surface area (Å²) in [5.41, 5.74) is 0.649. The van der Waals surface area contributed by atoms with Gasteiger partial charge in [0.05, 0.1) is 23.6 Å². The number of halogens is 1. The first-order chi connectivity index (χ1) is 11.4. The van der Waals surface area contributed by atoms with Crippen LogP contribution >= 0.6 is 35.6 Å². The minimum absolute atomic E-state index is 0.241. The van der Waals surface area contributed by atoms with E-state index in [0.717, 1.165) is 0 Å². The van der Waals surface area contributed by atoms with Gasteiger partial charge in [-0.15, -0.1) is 0 Å². The third-order valence-electron chi connectivity index (χ3n) is 2.83. The van der Waals surface area contributed by atoms with Crippen molar-refractivity contribution in [1.29, 1.82) is 0 Å². The van der Waals surface area contributed by atoms with Gasteiger partial charge in [-0.2, -0.15) is 0 Å². The molecule has 1 aromatic rings. The Morgan fingerprint density at radius 1 is 1.42 bits per heavy atom. The summed E-state index contributed by atoms with van der Waals surface area (Å²) in [5.74, 6) is -0.186. The molecular formula is C15H14ClNO5S2. The minimum atomic E-state index is -0.535. The second-order valence-corrected chi connectivity index (χ2v) is 6.61. The SMILES string of the molecule is CCOc1cc(/C=C2\SC(=S)NC2=O)cc(Cl)c1OCC(=O)OC. The van der Waals surface area contributed by atoms with Gasteiger partial charge in [0.15, 0.2) is 18.1 Å². The molecule has 0 aliphatic carbocycles. The number of esters is 1. The number of hydrogen-bond donors (Lipinski definition) is 1. The fourth-order valence-corrected chi connectivity index (χ4v) is 3.15. The smallest absolute Gasteiger partial charge is 0.343 e. The van der Waals surface area contributed by atoms with Gasteiger partial charge < -0.3 is 19.5 Å². The second-order valence-electron chi connectivity index (χ2n) is 4.48. The molecule has 1 aliphatic heterocycles. The van der Waals surface area contributed by atoms with Crippen LogP contribution in [-0.4, -0.2) is 36.5 Å². The van der Waals surface area contributed by atoms with E-state index in [9.17, 15) is 9.59 Å². The Labute approximate surface area is 153 Å². The van der Waals surface area contributed by atoms with Crippen LogP contribution in [0.25, 0.3) is 6.08 Å². The number of methoxy groups -OCH3 is 1. The Hall–Kier alpha value is -1.77. The highest BCUT2D eigenvalue weighted by Crippen LogP contribution is 2.38. The van der Waals surface area contributed by atoms with Crippen LogP contribution in [0, 0.1) is 0 Å². The average molecular weight is 388 g/mol. The van der Waals surface area contributed by atoms with Gasteiger partial charge in [-0.3, -0.25) is 4.79 Å². The Kier molecular flexibility index (Phi) is 6.47. The quantitative estimate of drug-likeness (QED) is 0.457. The van der Waals surface area contributed by atoms with Gasteiger partial charge in [-0.1, -0.05) is 35.6 Å². The van der Waals surface area contributed by atoms with E-state index in [1.807, 2.05) is 6.92 Å². The number of thiocarbonyl (C=S) groups is 1. The molecule has 0 aromatic heterocycles. The molecule has 0 saturated carbocycles. The van der Waals surface area contributed by atoms with Gasteiger partial charge in [-0.25, -0.2) is 4.79 Å². The van der Waals surface area contributed by atoms with Crippen molar-refractivity contribution in [1.82, 2.24) is 5.32 Å². The van der Waals surface area contributed by atoms with Crippen LogP contribution in [0.2, 0.25) is 5.02 Å². The van der Waals surface area contributed by atoms with E-state index in [1.54, 1.807) is 18.2 Å². The molecule has 1 aromatic carbocycles. The summed E-state index contributed by atoms with van der Waals surface area (Å²) < 4.78 is 15.8. The first-order valence-corrected chi connectivity index (χ1v) is 8.45. The number of carbonyl (C=O) groups is 2. The second kappa shape index (κ2) is 8.36. The van der Waals surface area contributed by atoms with Crippen molar-refractivity contribution in [2.24, 2.45) is 0 Å². The number of nitrogens with one attached hydrogen (secondary N) is 1. The number of rotatable bonds is 6. The van der Waals surface area contributed by atoms with Crippen molar-refractivity contribution in [2.75, 3.05) is 20.3 Å². The molecule has 1 saturated heterocycles. The maximum Gasteiger partial charge on any atom is 0.343 e. The first-order valence-electron chi connectivity index (χ1n) is 6.85. The van der Waals surface area contributed by atoms with Crippen molar-refractivity contribution in [2.45, 2.75) is 6.92 Å². The monoisotopic (exact) mass is 387 g/mol. The van der Waals surface area contributed by atoms with Gasteiger partial charge in [0.25, 0.3) is 5.91 Å². The largest absolute Gasteiger partial charge is 0.490 e. The Morgan fingerprint density at radius 2 is 2.17 bits per heavy atom. The summed E-state index contributed by atoms with van der Waals surface area (Å²) in [7, 11) is 1.26. The van der Waals surface area contributed by atoms with E-state index >= 15 is 0 Å². The molecule has 0 unspecified atom stereocenters. The van der Waals surface area contributed by atoms with Crippen LogP contribution in [0.5, 0.6) is 11.5 Å². The van der Waals surface area contributed by atoms with Crippen LogP contribution in [0.1, 0.15) is 12.5 Å². The summed E-state index contributed by atoms with van der Waals surface area (Å²) in [6.45, 7) is 1.90. The van der Waals surface area contributed by atoms with Gasteiger partial charge in [-0.05, 0) is 30.7 Å². The Morgan fingerprint density at radius 3 is 2.75 bits per heavy atom. The molecule has 1 N–H and O–H groups in total. The molecule has 6 nitrogen and oxygen atoms in total. The molecule has 0 spiro atoms. The molecule has 1 fully saturated rings. The van der Waals surface area contributed by atoms with E-state index in [-0.39, 0.29) is 23.3 Å². The fourth-order valence-electron chi connectivity index (χ4n) is 1.84. The van der Waals surface area contributed by atoms with Crippen molar-refractivity contribution in [3.05, 3.63) is 27.6 Å². The predicted molar refractivity (Wildman–Crippen MR) is 96.4 cm³/mol. The zero-order chi connectivity index (χ0) is 17.7. The lowest BCUT2D eigenvalue weighted by atomic mass is 10.2. The van der Waals surface area contributed by atoms with Gasteiger partial charge >= 0.3 is 5.97 Å². The molecule has 0 bridgehead atoms. The maximum absolute atomic E-state index is 11.7. The lowest BCUT2D eigenvalue weighted by Gasteiger charge is -2.14. The number of thioether (sulfide) groups is 1. The molecule has 1 amide bonds. The van der Waals surface area contributed by atoms with E-state index in [0.29, 0.717) is 27.1 Å². The Bertz CT molecular complexity index is 720. The van der Waals surface area contributed by atoms with Crippen molar-refractivity contribution in [3.63, 3.8) is 0 Å². The molecule has 9 heteroatoms. The van der Waals surface area contributed by atoms with Crippen LogP contribution in [0.4, 0.5) is 0 Å². The van der Waals surface area contributed by atoms with Crippen molar-refractivity contribution in [3.8, 4) is 11.5 Å². The molecule has 1 heterocycles. The highest BCUT2D eigenvalue weighted by Gasteiger charge is 2.22. The summed E-state index contributed by atoms with van der Waals surface area (Å²) in [5, 5.41) is 2.79. The maximum atomic E-state index is 11.7. The number of amides is 1. The lowest BCUT2D eigenvalue weighted by molar-refractivity contribution is -0.142. The molecule has 2 rings (SSSR count). The van der Waals surface area contributed by atoms with E-state index in [2.05, 4.69) is 10.1 Å². The zero-order valence-electron chi connectivity index (χ0n) is 12.9. The van der Waals surface area contributed by atoms with Crippen LogP contribution in [0.15, 0.2) is 17.0 Å². The lowest BCUT2D eigenvalue weighted by Crippen LogP contribution is -2.17. The predicted octanol–water partition coefficient (Wildman–Crippen LogP) is 2.78. The van der Waals surface area contributed by atoms with Gasteiger partial charge in [0, 0.05) is 0 Å². The summed E-state index contributed by atoms with van der Waals surface area (Å²) in [6.07, 6.45) is 1.65. The van der Waals surface area contributed by atoms with E-state index < -0.39 is 5.97 Å². The fraction of sp³-hybridized carbons (Fsp3) is 0.267. The molecule has 24 heavy (non-hydrogen) atoms. The van der Waals surface area contributed by atoms with E-state index in [1.165, 1.54) is 18.9 Å². The number of carbonyl (C=O) groups excluding carboxylic acids is 2. The number of hydrogen-bond acceptors (Lipinski definition) is 7. The summed E-state index contributed by atoms with van der Waals surface area (Å²) in [6, 6.07) is 3.28. The van der Waals surface area contributed by atoms with Crippen LogP contribution < -0.4 is 14.8 Å². The van der Waals surface area contributed by atoms with Crippen LogP contribution in [0.3, 0.4) is 0 Å². The number of benzene rings is 1. The highest BCUT2D eigenvalue weighted by molar-refractivity contribution is 8.26. The zero-order valence-corrected chi connectivity index (χ0v) is 15.3. The first kappa shape index (κ1) is 18.6. The minimum Gasteiger partial charge on any atom is -0.490 e. The van der Waals surface area contributed by atoms with Crippen molar-refractivity contribution >= 4 is 57.9 Å². The highest BCUT2D eigenvalue weighted by atomic mass is 35.5. The van der Waals surface area contributed by atoms with Crippen molar-refractivity contribution < 1.29 is 23.8 Å². The van der Waals surface area contributed by atoms with Gasteiger partial charge in [0.2, 0.25) is 0 Å². The molecular weight excluding hydrogens is 374 g/mol. The standard InChI is InChI=1S/C15H14ClNO5S2/c1-3-21-10-5-8(6-11-14(19)17-15(23)24-11)4-9(16)13(10)22-7-12(18)20-2/h4-6H,3,7H2,1-2H3,(H,17,19,23)/b11-6-. The van der Waals surface area contributed by atoms with Gasteiger partial charge in [0.1, 0.15) is 4.32 Å². The van der Waals surface area contributed by atoms with Crippen LogP contribution in [-0.2, 0) is 14.3 Å². The van der Waals surface area contributed by atoms with E-state index in [4.69, 9.17) is 33.3 Å². The Balaban J connectivity index is 2.32.